The minimum Gasteiger partial charge on any atom is -0.380 e. The summed E-state index contributed by atoms with van der Waals surface area (Å²) in [4.78, 5) is 40.9. The number of hydrogen-bond acceptors (Lipinski definition) is 7. The highest BCUT2D eigenvalue weighted by Crippen LogP contribution is 2.18. The van der Waals surface area contributed by atoms with E-state index in [0.29, 0.717) is 18.7 Å². The molecule has 4 rings (SSSR count). The summed E-state index contributed by atoms with van der Waals surface area (Å²) >= 11 is 0. The maximum absolute atomic E-state index is 12.2. The van der Waals surface area contributed by atoms with Gasteiger partial charge < -0.3 is 19.9 Å². The van der Waals surface area contributed by atoms with E-state index in [1.165, 1.54) is 0 Å². The second-order valence-electron chi connectivity index (χ2n) is 8.67. The first-order valence-electron chi connectivity index (χ1n) is 11.7. The lowest BCUT2D eigenvalue weighted by Gasteiger charge is -2.36. The van der Waals surface area contributed by atoms with Gasteiger partial charge in [0.05, 0.1) is 29.0 Å². The van der Waals surface area contributed by atoms with Crippen molar-refractivity contribution in [1.29, 1.82) is 0 Å². The fraction of sp³-hybridized carbons (Fsp3) is 0.440. The van der Waals surface area contributed by atoms with Gasteiger partial charge in [-0.2, -0.15) is 0 Å². The van der Waals surface area contributed by atoms with E-state index in [4.69, 9.17) is 4.74 Å². The smallest absolute Gasteiger partial charge is 0.269 e. The highest BCUT2D eigenvalue weighted by Gasteiger charge is 2.19. The quantitative estimate of drug-likeness (QED) is 0.525. The number of amides is 1. The van der Waals surface area contributed by atoms with Gasteiger partial charge in [-0.05, 0) is 43.2 Å². The van der Waals surface area contributed by atoms with Crippen LogP contribution in [0.1, 0.15) is 35.5 Å². The van der Waals surface area contributed by atoms with Crippen molar-refractivity contribution in [3.63, 3.8) is 0 Å². The number of H-pyrrole nitrogens is 1. The summed E-state index contributed by atoms with van der Waals surface area (Å²) in [5.41, 5.74) is 4.82. The highest BCUT2D eigenvalue weighted by atomic mass is 16.5. The molecular formula is C25H32N6O3. The molecular weight excluding hydrogens is 432 g/mol. The summed E-state index contributed by atoms with van der Waals surface area (Å²) in [5, 5.41) is 2.83. The zero-order valence-corrected chi connectivity index (χ0v) is 20.0. The van der Waals surface area contributed by atoms with E-state index in [1.807, 2.05) is 38.2 Å². The molecule has 1 saturated heterocycles. The van der Waals surface area contributed by atoms with Crippen molar-refractivity contribution >= 4 is 22.6 Å². The lowest BCUT2D eigenvalue weighted by Crippen LogP contribution is -2.46. The second kappa shape index (κ2) is 10.8. The van der Waals surface area contributed by atoms with Gasteiger partial charge in [-0.1, -0.05) is 6.92 Å². The predicted octanol–water partition coefficient (Wildman–Crippen LogP) is 1.97. The lowest BCUT2D eigenvalue weighted by atomic mass is 10.1. The van der Waals surface area contributed by atoms with Gasteiger partial charge >= 0.3 is 0 Å². The number of hydrogen-bond donors (Lipinski definition) is 2. The lowest BCUT2D eigenvalue weighted by molar-refractivity contribution is 0.0866. The zero-order valence-electron chi connectivity index (χ0n) is 20.0. The van der Waals surface area contributed by atoms with Crippen molar-refractivity contribution in [3.05, 3.63) is 63.8 Å². The molecule has 0 aromatic carbocycles. The summed E-state index contributed by atoms with van der Waals surface area (Å²) in [6, 6.07) is 7.61. The number of carbonyl (C=O) groups is 1. The van der Waals surface area contributed by atoms with Gasteiger partial charge in [0, 0.05) is 58.1 Å². The Morgan fingerprint density at radius 3 is 2.65 bits per heavy atom. The van der Waals surface area contributed by atoms with Crippen LogP contribution in [0.25, 0.3) is 11.0 Å². The molecule has 1 atom stereocenters. The first-order chi connectivity index (χ1) is 16.5. The van der Waals surface area contributed by atoms with E-state index in [9.17, 15) is 9.59 Å². The number of nitrogens with one attached hydrogen (secondary N) is 2. The van der Waals surface area contributed by atoms with E-state index in [2.05, 4.69) is 30.1 Å². The molecule has 1 amide bonds. The van der Waals surface area contributed by atoms with Gasteiger partial charge in [-0.15, -0.1) is 0 Å². The van der Waals surface area contributed by atoms with E-state index in [1.54, 1.807) is 19.4 Å². The Morgan fingerprint density at radius 2 is 1.97 bits per heavy atom. The molecule has 3 aromatic heterocycles. The number of aromatic amines is 1. The molecule has 0 aliphatic carbocycles. The topological polar surface area (TPSA) is 103 Å². The van der Waals surface area contributed by atoms with Crippen LogP contribution in [0.15, 0.2) is 41.5 Å². The number of aromatic nitrogens is 3. The Kier molecular flexibility index (Phi) is 7.54. The minimum absolute atomic E-state index is 0.0378. The Labute approximate surface area is 199 Å². The van der Waals surface area contributed by atoms with Gasteiger partial charge in [-0.3, -0.25) is 19.5 Å². The van der Waals surface area contributed by atoms with Gasteiger partial charge in [0.25, 0.3) is 11.5 Å². The van der Waals surface area contributed by atoms with Crippen LogP contribution in [-0.4, -0.2) is 71.7 Å². The molecule has 0 bridgehead atoms. The number of methoxy groups -OCH3 is 1. The van der Waals surface area contributed by atoms with Crippen molar-refractivity contribution in [3.8, 4) is 0 Å². The number of fused-ring (bicyclic) bond motifs is 1. The Morgan fingerprint density at radius 1 is 1.18 bits per heavy atom. The van der Waals surface area contributed by atoms with Crippen LogP contribution < -0.4 is 15.8 Å². The summed E-state index contributed by atoms with van der Waals surface area (Å²) in [6.07, 6.45) is 4.31. The molecule has 2 N–H and O–H groups in total. The van der Waals surface area contributed by atoms with Crippen LogP contribution >= 0.6 is 0 Å². The van der Waals surface area contributed by atoms with Gasteiger partial charge in [0.2, 0.25) is 0 Å². The molecule has 3 aromatic rings. The third-order valence-electron chi connectivity index (χ3n) is 6.28. The molecule has 34 heavy (non-hydrogen) atoms. The molecule has 1 fully saturated rings. The fourth-order valence-electron chi connectivity index (χ4n) is 4.06. The molecule has 1 aliphatic heterocycles. The zero-order chi connectivity index (χ0) is 24.1. The molecule has 0 radical (unpaired) electrons. The third-order valence-corrected chi connectivity index (χ3v) is 6.28. The molecule has 1 aliphatic rings. The number of aryl methyl sites for hydroxylation is 1. The van der Waals surface area contributed by atoms with Crippen LogP contribution in [0, 0.1) is 0 Å². The Balaban J connectivity index is 1.32. The molecule has 9 heteroatoms. The Hall–Kier alpha value is -3.30. The number of piperazine rings is 1. The average Bonchev–Trinajstić information content (AvgIpc) is 2.87. The minimum atomic E-state index is -0.198. The van der Waals surface area contributed by atoms with Crippen LogP contribution in [0.5, 0.6) is 0 Å². The molecule has 0 unspecified atom stereocenters. The highest BCUT2D eigenvalue weighted by molar-refractivity contribution is 5.92. The van der Waals surface area contributed by atoms with Crippen molar-refractivity contribution in [1.82, 2.24) is 25.2 Å². The number of rotatable bonds is 8. The molecule has 9 nitrogen and oxygen atoms in total. The number of nitrogens with zero attached hydrogens (tertiary/aromatic N) is 4. The van der Waals surface area contributed by atoms with Crippen molar-refractivity contribution in [2.45, 2.75) is 32.9 Å². The maximum atomic E-state index is 12.2. The third kappa shape index (κ3) is 5.60. The number of carbonyl (C=O) groups excluding carboxylic acids is 1. The largest absolute Gasteiger partial charge is 0.380 e. The normalized spacial score (nSPS) is 15.4. The first kappa shape index (κ1) is 23.8. The molecule has 4 heterocycles. The van der Waals surface area contributed by atoms with Gasteiger partial charge in [-0.25, -0.2) is 4.98 Å². The van der Waals surface area contributed by atoms with E-state index < -0.39 is 0 Å². The van der Waals surface area contributed by atoms with Gasteiger partial charge in [0.15, 0.2) is 0 Å². The van der Waals surface area contributed by atoms with Gasteiger partial charge in [0.1, 0.15) is 5.69 Å². The first-order valence-corrected chi connectivity index (χ1v) is 11.7. The van der Waals surface area contributed by atoms with E-state index >= 15 is 0 Å². The molecule has 0 spiro atoms. The summed E-state index contributed by atoms with van der Waals surface area (Å²) < 4.78 is 5.15. The summed E-state index contributed by atoms with van der Waals surface area (Å²) in [6.45, 7) is 8.65. The molecule has 0 saturated carbocycles. The SMILES string of the molecule is CCc1cc2ncc(CN3CCN(c4ccc(C(=O)NC[C@@H](C)OC)nc4)CC3)cc2[nH]c1=O. The standard InChI is InChI=1S/C25H32N6O3/c1-4-19-12-22-23(29-24(19)32)11-18(14-26-22)16-30-7-9-31(10-8-30)20-5-6-21(27-15-20)25(33)28-13-17(2)34-3/h5-6,11-12,14-15,17H,4,7-10,13,16H2,1-3H3,(H,28,33)(H,29,32)/t17-/m1/s1. The second-order valence-corrected chi connectivity index (χ2v) is 8.67. The van der Waals surface area contributed by atoms with Crippen LogP contribution in [0.4, 0.5) is 5.69 Å². The fourth-order valence-corrected chi connectivity index (χ4v) is 4.06. The Bertz CT molecular complexity index is 1190. The maximum Gasteiger partial charge on any atom is 0.269 e. The number of anilines is 1. The average molecular weight is 465 g/mol. The van der Waals surface area contributed by atoms with Crippen molar-refractivity contribution in [2.24, 2.45) is 0 Å². The predicted molar refractivity (Wildman–Crippen MR) is 132 cm³/mol. The number of ether oxygens (including phenoxy) is 1. The van der Waals surface area contributed by atoms with E-state index in [0.717, 1.165) is 60.6 Å². The monoisotopic (exact) mass is 464 g/mol. The van der Waals surface area contributed by atoms with Crippen molar-refractivity contribution in [2.75, 3.05) is 44.7 Å². The summed E-state index contributed by atoms with van der Waals surface area (Å²) in [5.74, 6) is -0.198. The van der Waals surface area contributed by atoms with Crippen LogP contribution in [-0.2, 0) is 17.7 Å². The summed E-state index contributed by atoms with van der Waals surface area (Å²) in [7, 11) is 1.62. The van der Waals surface area contributed by atoms with Crippen LogP contribution in [0.2, 0.25) is 0 Å². The number of pyridine rings is 3. The van der Waals surface area contributed by atoms with Crippen LogP contribution in [0.3, 0.4) is 0 Å². The molecule has 180 valence electrons. The van der Waals surface area contributed by atoms with Crippen molar-refractivity contribution < 1.29 is 9.53 Å². The van der Waals surface area contributed by atoms with E-state index in [-0.39, 0.29) is 17.6 Å².